The molecule has 1 aliphatic carbocycles. The number of phenols is 1. The fourth-order valence-corrected chi connectivity index (χ4v) is 2.03. The van der Waals surface area contributed by atoms with E-state index in [0.717, 1.165) is 5.56 Å². The van der Waals surface area contributed by atoms with Gasteiger partial charge in [0.2, 0.25) is 0 Å². The third-order valence-electron chi connectivity index (χ3n) is 3.22. The van der Waals surface area contributed by atoms with Crippen LogP contribution < -0.4 is 5.32 Å². The molecule has 18 heavy (non-hydrogen) atoms. The van der Waals surface area contributed by atoms with Crippen molar-refractivity contribution in [3.8, 4) is 5.75 Å². The number of carbonyl (C=O) groups excluding carboxylic acids is 1. The number of carboxylic acids is 1. The molecule has 2 rings (SSSR count). The Bertz CT molecular complexity index is 492. The first-order chi connectivity index (χ1) is 8.47. The Morgan fingerprint density at radius 3 is 2.56 bits per heavy atom. The predicted molar refractivity (Wildman–Crippen MR) is 64.5 cm³/mol. The molecule has 5 nitrogen and oxygen atoms in total. The molecule has 3 N–H and O–H groups in total. The van der Waals surface area contributed by atoms with Crippen molar-refractivity contribution < 1.29 is 19.8 Å². The Morgan fingerprint density at radius 2 is 2.00 bits per heavy atom. The summed E-state index contributed by atoms with van der Waals surface area (Å²) in [5.41, 5.74) is 1.10. The van der Waals surface area contributed by atoms with Gasteiger partial charge in [-0.1, -0.05) is 6.07 Å². The van der Waals surface area contributed by atoms with Crippen molar-refractivity contribution in [2.24, 2.45) is 5.92 Å². The van der Waals surface area contributed by atoms with E-state index in [0.29, 0.717) is 12.8 Å². The number of rotatable bonds is 3. The van der Waals surface area contributed by atoms with Gasteiger partial charge in [-0.05, 0) is 37.5 Å². The molecule has 96 valence electrons. The lowest BCUT2D eigenvalue weighted by molar-refractivity contribution is -0.145. The first-order valence-corrected chi connectivity index (χ1v) is 5.80. The first kappa shape index (κ1) is 12.4. The summed E-state index contributed by atoms with van der Waals surface area (Å²) in [5.74, 6) is -1.59. The maximum absolute atomic E-state index is 11.8. The highest BCUT2D eigenvalue weighted by Crippen LogP contribution is 2.28. The van der Waals surface area contributed by atoms with Crippen molar-refractivity contribution in [2.75, 3.05) is 0 Å². The van der Waals surface area contributed by atoms with Gasteiger partial charge in [-0.2, -0.15) is 0 Å². The standard InChI is InChI=1S/C13H15NO4/c1-7-2-3-10(11(15)4-7)12(16)14-9-5-8(6-9)13(17)18/h2-4,8-9,15H,5-6H2,1H3,(H,14,16)(H,17,18). The Kier molecular flexibility index (Phi) is 3.23. The number of nitrogens with one attached hydrogen (secondary N) is 1. The summed E-state index contributed by atoms with van der Waals surface area (Å²) in [7, 11) is 0. The summed E-state index contributed by atoms with van der Waals surface area (Å²) >= 11 is 0. The van der Waals surface area contributed by atoms with Crippen LogP contribution in [0, 0.1) is 12.8 Å². The smallest absolute Gasteiger partial charge is 0.306 e. The first-order valence-electron chi connectivity index (χ1n) is 5.80. The van der Waals surface area contributed by atoms with Crippen molar-refractivity contribution >= 4 is 11.9 Å². The van der Waals surface area contributed by atoms with Gasteiger partial charge in [0.25, 0.3) is 5.91 Å². The highest BCUT2D eigenvalue weighted by molar-refractivity contribution is 5.97. The second-order valence-corrected chi connectivity index (χ2v) is 4.70. The van der Waals surface area contributed by atoms with Gasteiger partial charge in [0.15, 0.2) is 0 Å². The van der Waals surface area contributed by atoms with E-state index in [1.807, 2.05) is 6.92 Å². The lowest BCUT2D eigenvalue weighted by Gasteiger charge is -2.32. The quantitative estimate of drug-likeness (QED) is 0.753. The SMILES string of the molecule is Cc1ccc(C(=O)NC2CC(C(=O)O)C2)c(O)c1. The Hall–Kier alpha value is -2.04. The molecule has 5 heteroatoms. The van der Waals surface area contributed by atoms with Crippen LogP contribution in [-0.4, -0.2) is 28.1 Å². The summed E-state index contributed by atoms with van der Waals surface area (Å²) in [6.07, 6.45) is 0.904. The number of aliphatic carboxylic acids is 1. The van der Waals surface area contributed by atoms with E-state index in [9.17, 15) is 14.7 Å². The van der Waals surface area contributed by atoms with Gasteiger partial charge in [0.05, 0.1) is 11.5 Å². The van der Waals surface area contributed by atoms with Gasteiger partial charge in [0, 0.05) is 6.04 Å². The van der Waals surface area contributed by atoms with Gasteiger partial charge in [-0.3, -0.25) is 9.59 Å². The van der Waals surface area contributed by atoms with Gasteiger partial charge >= 0.3 is 5.97 Å². The zero-order chi connectivity index (χ0) is 13.3. The molecule has 0 heterocycles. The Labute approximate surface area is 104 Å². The molecular weight excluding hydrogens is 234 g/mol. The fourth-order valence-electron chi connectivity index (χ4n) is 2.03. The van der Waals surface area contributed by atoms with Crippen molar-refractivity contribution in [1.29, 1.82) is 0 Å². The number of benzene rings is 1. The molecule has 0 aliphatic heterocycles. The van der Waals surface area contributed by atoms with E-state index in [2.05, 4.69) is 5.32 Å². The van der Waals surface area contributed by atoms with Crippen molar-refractivity contribution in [2.45, 2.75) is 25.8 Å². The molecule has 0 aromatic heterocycles. The highest BCUT2D eigenvalue weighted by Gasteiger charge is 2.35. The van der Waals surface area contributed by atoms with Crippen molar-refractivity contribution in [1.82, 2.24) is 5.32 Å². The zero-order valence-corrected chi connectivity index (χ0v) is 10.0. The summed E-state index contributed by atoms with van der Waals surface area (Å²) in [4.78, 5) is 22.5. The number of hydrogen-bond acceptors (Lipinski definition) is 3. The number of phenolic OH excluding ortho intramolecular Hbond substituents is 1. The maximum atomic E-state index is 11.8. The molecule has 0 unspecified atom stereocenters. The monoisotopic (exact) mass is 249 g/mol. The second kappa shape index (κ2) is 4.68. The van der Waals surface area contributed by atoms with Gasteiger partial charge in [0.1, 0.15) is 5.75 Å². The van der Waals surface area contributed by atoms with E-state index < -0.39 is 5.97 Å². The molecular formula is C13H15NO4. The summed E-state index contributed by atoms with van der Waals surface area (Å²) in [6.45, 7) is 1.82. The van der Waals surface area contributed by atoms with Crippen molar-refractivity contribution in [3.63, 3.8) is 0 Å². The lowest BCUT2D eigenvalue weighted by atomic mass is 9.80. The highest BCUT2D eigenvalue weighted by atomic mass is 16.4. The van der Waals surface area contributed by atoms with E-state index in [4.69, 9.17) is 5.11 Å². The fraction of sp³-hybridized carbons (Fsp3) is 0.385. The van der Waals surface area contributed by atoms with Crippen LogP contribution in [0.4, 0.5) is 0 Å². The zero-order valence-electron chi connectivity index (χ0n) is 10.0. The van der Waals surface area contributed by atoms with E-state index in [1.54, 1.807) is 12.1 Å². The molecule has 1 aromatic rings. The number of aryl methyl sites for hydroxylation is 1. The van der Waals surface area contributed by atoms with E-state index in [-0.39, 0.29) is 29.2 Å². The normalized spacial score (nSPS) is 22.1. The van der Waals surface area contributed by atoms with Crippen LogP contribution >= 0.6 is 0 Å². The lowest BCUT2D eigenvalue weighted by Crippen LogP contribution is -2.46. The average molecular weight is 249 g/mol. The van der Waals surface area contributed by atoms with Crippen LogP contribution in [-0.2, 0) is 4.79 Å². The van der Waals surface area contributed by atoms with Gasteiger partial charge < -0.3 is 15.5 Å². The topological polar surface area (TPSA) is 86.6 Å². The van der Waals surface area contributed by atoms with E-state index >= 15 is 0 Å². The number of aromatic hydroxyl groups is 1. The van der Waals surface area contributed by atoms with Crippen LogP contribution in [0.1, 0.15) is 28.8 Å². The predicted octanol–water partition coefficient (Wildman–Crippen LogP) is 1.29. The van der Waals surface area contributed by atoms with Crippen LogP contribution in [0.15, 0.2) is 18.2 Å². The van der Waals surface area contributed by atoms with Crippen molar-refractivity contribution in [3.05, 3.63) is 29.3 Å². The van der Waals surface area contributed by atoms with Crippen LogP contribution in [0.25, 0.3) is 0 Å². The minimum absolute atomic E-state index is 0.0541. The minimum Gasteiger partial charge on any atom is -0.507 e. The number of carbonyl (C=O) groups is 2. The summed E-state index contributed by atoms with van der Waals surface area (Å²) < 4.78 is 0. The van der Waals surface area contributed by atoms with Crippen LogP contribution in [0.3, 0.4) is 0 Å². The molecule has 1 fully saturated rings. The summed E-state index contributed by atoms with van der Waals surface area (Å²) in [5, 5.41) is 21.1. The van der Waals surface area contributed by atoms with Crippen LogP contribution in [0.5, 0.6) is 5.75 Å². The average Bonchev–Trinajstić information content (AvgIpc) is 2.21. The number of amides is 1. The van der Waals surface area contributed by atoms with Gasteiger partial charge in [-0.25, -0.2) is 0 Å². The number of hydrogen-bond donors (Lipinski definition) is 3. The third-order valence-corrected chi connectivity index (χ3v) is 3.22. The largest absolute Gasteiger partial charge is 0.507 e. The summed E-state index contributed by atoms with van der Waals surface area (Å²) in [6, 6.07) is 4.72. The molecule has 0 bridgehead atoms. The molecule has 0 spiro atoms. The molecule has 1 amide bonds. The molecule has 0 saturated heterocycles. The molecule has 1 saturated carbocycles. The van der Waals surface area contributed by atoms with E-state index in [1.165, 1.54) is 6.07 Å². The number of carboxylic acid groups (broad SMARTS) is 1. The second-order valence-electron chi connectivity index (χ2n) is 4.70. The third kappa shape index (κ3) is 2.45. The molecule has 1 aliphatic rings. The Balaban J connectivity index is 1.95. The molecule has 0 atom stereocenters. The maximum Gasteiger partial charge on any atom is 0.306 e. The minimum atomic E-state index is -0.821. The molecule has 1 aromatic carbocycles. The Morgan fingerprint density at radius 1 is 1.33 bits per heavy atom. The van der Waals surface area contributed by atoms with Gasteiger partial charge in [-0.15, -0.1) is 0 Å². The van der Waals surface area contributed by atoms with Crippen LogP contribution in [0.2, 0.25) is 0 Å². The molecule has 0 radical (unpaired) electrons.